The summed E-state index contributed by atoms with van der Waals surface area (Å²) < 4.78 is 0. The van der Waals surface area contributed by atoms with Gasteiger partial charge in [-0.1, -0.05) is 18.0 Å². The molecule has 0 aromatic carbocycles. The molecule has 3 nitrogen and oxygen atoms in total. The molecule has 0 spiro atoms. The number of amidine groups is 1. The molecule has 4 aliphatic rings. The molecule has 3 atom stereocenters. The van der Waals surface area contributed by atoms with Crippen LogP contribution in [0.25, 0.3) is 0 Å². The van der Waals surface area contributed by atoms with Crippen LogP contribution >= 0.6 is 11.6 Å². The van der Waals surface area contributed by atoms with Gasteiger partial charge in [-0.3, -0.25) is 0 Å². The van der Waals surface area contributed by atoms with Gasteiger partial charge in [0.2, 0.25) is 0 Å². The molecular formula is C16H22ClN3. The van der Waals surface area contributed by atoms with Crippen LogP contribution in [0.5, 0.6) is 0 Å². The SMILES string of the molecule is NC1=NC(C2=C(Cl)CCC3CC23)NC2=C1CCCCC2. The Morgan fingerprint density at radius 2 is 2.00 bits per heavy atom. The van der Waals surface area contributed by atoms with Crippen molar-refractivity contribution in [3.05, 3.63) is 21.9 Å². The second-order valence-corrected chi connectivity index (χ2v) is 7.04. The lowest BCUT2D eigenvalue weighted by Gasteiger charge is -2.30. The van der Waals surface area contributed by atoms with E-state index in [1.54, 1.807) is 0 Å². The second kappa shape index (κ2) is 4.80. The van der Waals surface area contributed by atoms with Crippen LogP contribution in [0.3, 0.4) is 0 Å². The number of hydrogen-bond acceptors (Lipinski definition) is 3. The molecule has 1 fully saturated rings. The van der Waals surface area contributed by atoms with E-state index in [0.717, 1.165) is 36.0 Å². The fourth-order valence-corrected chi connectivity index (χ4v) is 4.39. The highest BCUT2D eigenvalue weighted by Gasteiger charge is 2.46. The molecule has 3 aliphatic carbocycles. The Morgan fingerprint density at radius 3 is 2.90 bits per heavy atom. The maximum Gasteiger partial charge on any atom is 0.144 e. The lowest BCUT2D eigenvalue weighted by molar-refractivity contribution is 0.549. The number of halogens is 1. The Labute approximate surface area is 125 Å². The van der Waals surface area contributed by atoms with Crippen LogP contribution in [0.4, 0.5) is 0 Å². The smallest absolute Gasteiger partial charge is 0.144 e. The maximum atomic E-state index is 6.51. The summed E-state index contributed by atoms with van der Waals surface area (Å²) >= 11 is 6.51. The summed E-state index contributed by atoms with van der Waals surface area (Å²) in [7, 11) is 0. The molecule has 1 saturated carbocycles. The highest BCUT2D eigenvalue weighted by molar-refractivity contribution is 6.30. The van der Waals surface area contributed by atoms with E-state index in [2.05, 4.69) is 5.32 Å². The summed E-state index contributed by atoms with van der Waals surface area (Å²) in [5, 5.41) is 4.69. The Balaban J connectivity index is 1.64. The Kier molecular flexibility index (Phi) is 3.06. The van der Waals surface area contributed by atoms with Gasteiger partial charge in [-0.05, 0) is 62.4 Å². The predicted molar refractivity (Wildman–Crippen MR) is 82.4 cm³/mol. The molecule has 0 amide bonds. The Bertz CT molecular complexity index is 532. The summed E-state index contributed by atoms with van der Waals surface area (Å²) in [5.74, 6) is 2.28. The first kappa shape index (κ1) is 12.8. The van der Waals surface area contributed by atoms with Crippen molar-refractivity contribution in [3.8, 4) is 0 Å². The molecule has 4 heteroatoms. The number of rotatable bonds is 1. The molecule has 1 heterocycles. The van der Waals surface area contributed by atoms with Gasteiger partial charge in [-0.25, -0.2) is 4.99 Å². The standard InChI is InChI=1S/C16H22ClN3/c17-12-7-6-9-8-11(9)14(12)16-19-13-5-3-1-2-4-10(13)15(18)20-16/h9,11,16,19H,1-8H2,(H2,18,20). The van der Waals surface area contributed by atoms with Gasteiger partial charge in [0, 0.05) is 16.3 Å². The first-order valence-electron chi connectivity index (χ1n) is 7.94. The van der Waals surface area contributed by atoms with Crippen LogP contribution in [-0.4, -0.2) is 12.0 Å². The number of nitrogens with zero attached hydrogens (tertiary/aromatic N) is 1. The second-order valence-electron chi connectivity index (χ2n) is 6.58. The summed E-state index contributed by atoms with van der Waals surface area (Å²) in [6, 6.07) is 0. The third kappa shape index (κ3) is 2.07. The normalized spacial score (nSPS) is 36.6. The van der Waals surface area contributed by atoms with Crippen molar-refractivity contribution in [1.29, 1.82) is 0 Å². The minimum absolute atomic E-state index is 0.00894. The highest BCUT2D eigenvalue weighted by Crippen LogP contribution is 2.54. The topological polar surface area (TPSA) is 50.4 Å². The average molecular weight is 292 g/mol. The lowest BCUT2D eigenvalue weighted by atomic mass is 9.95. The van der Waals surface area contributed by atoms with Gasteiger partial charge in [0.05, 0.1) is 0 Å². The average Bonchev–Trinajstić information content (AvgIpc) is 3.20. The van der Waals surface area contributed by atoms with Gasteiger partial charge >= 0.3 is 0 Å². The van der Waals surface area contributed by atoms with E-state index in [9.17, 15) is 0 Å². The number of aliphatic imine (C=N–C) groups is 1. The van der Waals surface area contributed by atoms with Crippen LogP contribution < -0.4 is 11.1 Å². The molecule has 108 valence electrons. The van der Waals surface area contributed by atoms with E-state index in [4.69, 9.17) is 22.3 Å². The van der Waals surface area contributed by atoms with Gasteiger partial charge in [0.1, 0.15) is 12.0 Å². The van der Waals surface area contributed by atoms with Gasteiger partial charge in [0.15, 0.2) is 0 Å². The molecule has 1 aliphatic heterocycles. The zero-order chi connectivity index (χ0) is 13.7. The fourth-order valence-electron chi connectivity index (χ4n) is 4.04. The quantitative estimate of drug-likeness (QED) is 0.778. The Hall–Kier alpha value is -0.960. The molecule has 0 aromatic heterocycles. The van der Waals surface area contributed by atoms with Crippen LogP contribution in [0.1, 0.15) is 51.4 Å². The maximum absolute atomic E-state index is 6.51. The first-order chi connectivity index (χ1) is 9.74. The fraction of sp³-hybridized carbons (Fsp3) is 0.688. The third-order valence-corrected chi connectivity index (χ3v) is 5.68. The zero-order valence-corrected chi connectivity index (χ0v) is 12.5. The number of fused-ring (bicyclic) bond motifs is 1. The molecule has 3 unspecified atom stereocenters. The van der Waals surface area contributed by atoms with Crippen LogP contribution in [0.15, 0.2) is 26.9 Å². The third-order valence-electron chi connectivity index (χ3n) is 5.27. The van der Waals surface area contributed by atoms with E-state index < -0.39 is 0 Å². The van der Waals surface area contributed by atoms with E-state index in [1.165, 1.54) is 48.9 Å². The van der Waals surface area contributed by atoms with Crippen molar-refractivity contribution in [2.75, 3.05) is 0 Å². The number of hydrogen-bond donors (Lipinski definition) is 2. The van der Waals surface area contributed by atoms with Crippen molar-refractivity contribution in [2.45, 2.75) is 57.5 Å². The van der Waals surface area contributed by atoms with Crippen LogP contribution in [0, 0.1) is 11.8 Å². The molecule has 0 radical (unpaired) electrons. The highest BCUT2D eigenvalue weighted by atomic mass is 35.5. The monoisotopic (exact) mass is 291 g/mol. The van der Waals surface area contributed by atoms with Crippen molar-refractivity contribution < 1.29 is 0 Å². The van der Waals surface area contributed by atoms with Gasteiger partial charge < -0.3 is 11.1 Å². The molecule has 4 rings (SSSR count). The van der Waals surface area contributed by atoms with Gasteiger partial charge in [-0.2, -0.15) is 0 Å². The van der Waals surface area contributed by atoms with E-state index in [-0.39, 0.29) is 6.17 Å². The summed E-state index contributed by atoms with van der Waals surface area (Å²) in [5.41, 5.74) is 10.2. The largest absolute Gasteiger partial charge is 0.384 e. The molecule has 20 heavy (non-hydrogen) atoms. The van der Waals surface area contributed by atoms with Crippen molar-refractivity contribution in [2.24, 2.45) is 22.6 Å². The molecule has 0 saturated heterocycles. The Morgan fingerprint density at radius 1 is 1.15 bits per heavy atom. The van der Waals surface area contributed by atoms with E-state index >= 15 is 0 Å². The van der Waals surface area contributed by atoms with Crippen molar-refractivity contribution in [1.82, 2.24) is 5.32 Å². The molecule has 0 bridgehead atoms. The number of nitrogens with two attached hydrogens (primary N) is 1. The number of nitrogens with one attached hydrogen (secondary N) is 1. The predicted octanol–water partition coefficient (Wildman–Crippen LogP) is 3.41. The lowest BCUT2D eigenvalue weighted by Crippen LogP contribution is -2.39. The van der Waals surface area contributed by atoms with Crippen molar-refractivity contribution in [3.63, 3.8) is 0 Å². The molecular weight excluding hydrogens is 270 g/mol. The molecule has 0 aromatic rings. The van der Waals surface area contributed by atoms with Crippen LogP contribution in [-0.2, 0) is 0 Å². The summed E-state index contributed by atoms with van der Waals surface area (Å²) in [6.07, 6.45) is 9.55. The van der Waals surface area contributed by atoms with Gasteiger partial charge in [0.25, 0.3) is 0 Å². The van der Waals surface area contributed by atoms with E-state index in [1.807, 2.05) is 0 Å². The zero-order valence-electron chi connectivity index (χ0n) is 11.8. The number of allylic oxidation sites excluding steroid dienone is 2. The van der Waals surface area contributed by atoms with Crippen LogP contribution in [0.2, 0.25) is 0 Å². The molecule has 3 N–H and O–H groups in total. The minimum atomic E-state index is 0.00894. The van der Waals surface area contributed by atoms with Crippen molar-refractivity contribution >= 4 is 17.4 Å². The van der Waals surface area contributed by atoms with Gasteiger partial charge in [-0.15, -0.1) is 0 Å². The van der Waals surface area contributed by atoms with E-state index in [0.29, 0.717) is 5.92 Å². The first-order valence-corrected chi connectivity index (χ1v) is 8.32. The summed E-state index contributed by atoms with van der Waals surface area (Å²) in [6.45, 7) is 0. The summed E-state index contributed by atoms with van der Waals surface area (Å²) in [4.78, 5) is 4.74. The minimum Gasteiger partial charge on any atom is -0.384 e.